The standard InChI is InChI=1S/C21H23N3O2/c25-20-12-18(23-21(26)22-13-15-6-2-1-3-7-15)14-24(20)19-10-16-8-4-5-9-17(16)11-19/h1-9,18-19H,10-14H2,(H2,22,23,26). The maximum atomic E-state index is 12.4. The highest BCUT2D eigenvalue weighted by Gasteiger charge is 2.37. The van der Waals surface area contributed by atoms with Gasteiger partial charge >= 0.3 is 6.03 Å². The summed E-state index contributed by atoms with van der Waals surface area (Å²) in [6, 6.07) is 18.0. The maximum absolute atomic E-state index is 12.4. The van der Waals surface area contributed by atoms with E-state index in [-0.39, 0.29) is 24.0 Å². The summed E-state index contributed by atoms with van der Waals surface area (Å²) in [6.45, 7) is 1.07. The molecule has 5 nitrogen and oxygen atoms in total. The molecule has 1 saturated heterocycles. The van der Waals surface area contributed by atoms with Crippen molar-refractivity contribution in [2.45, 2.75) is 37.9 Å². The fraction of sp³-hybridized carbons (Fsp3) is 0.333. The van der Waals surface area contributed by atoms with Crippen molar-refractivity contribution in [3.8, 4) is 0 Å². The number of carbonyl (C=O) groups excluding carboxylic acids is 2. The van der Waals surface area contributed by atoms with E-state index < -0.39 is 0 Å². The van der Waals surface area contributed by atoms with Gasteiger partial charge < -0.3 is 15.5 Å². The quantitative estimate of drug-likeness (QED) is 0.889. The summed E-state index contributed by atoms with van der Waals surface area (Å²) in [5.74, 6) is 0.135. The van der Waals surface area contributed by atoms with Crippen molar-refractivity contribution in [2.75, 3.05) is 6.54 Å². The van der Waals surface area contributed by atoms with E-state index in [2.05, 4.69) is 34.9 Å². The van der Waals surface area contributed by atoms with Crippen LogP contribution >= 0.6 is 0 Å². The van der Waals surface area contributed by atoms with Crippen LogP contribution in [0.2, 0.25) is 0 Å². The summed E-state index contributed by atoms with van der Waals surface area (Å²) in [5.41, 5.74) is 3.72. The van der Waals surface area contributed by atoms with Gasteiger partial charge in [0.25, 0.3) is 0 Å². The number of fused-ring (bicyclic) bond motifs is 1. The predicted octanol–water partition coefficient (Wildman–Crippen LogP) is 2.25. The van der Waals surface area contributed by atoms with E-state index in [1.165, 1.54) is 11.1 Å². The van der Waals surface area contributed by atoms with Crippen LogP contribution in [0.1, 0.15) is 23.1 Å². The minimum absolute atomic E-state index is 0.123. The Hall–Kier alpha value is -2.82. The Morgan fingerprint density at radius 3 is 2.31 bits per heavy atom. The molecule has 2 N–H and O–H groups in total. The lowest BCUT2D eigenvalue weighted by molar-refractivity contribution is -0.129. The van der Waals surface area contributed by atoms with Crippen molar-refractivity contribution in [1.29, 1.82) is 0 Å². The van der Waals surface area contributed by atoms with Gasteiger partial charge in [0, 0.05) is 25.6 Å². The van der Waals surface area contributed by atoms with Gasteiger partial charge in [-0.25, -0.2) is 4.79 Å². The van der Waals surface area contributed by atoms with E-state index in [9.17, 15) is 9.59 Å². The number of nitrogens with one attached hydrogen (secondary N) is 2. The van der Waals surface area contributed by atoms with Gasteiger partial charge in [0.2, 0.25) is 5.91 Å². The molecule has 0 saturated carbocycles. The van der Waals surface area contributed by atoms with E-state index in [4.69, 9.17) is 0 Å². The van der Waals surface area contributed by atoms with E-state index >= 15 is 0 Å². The molecule has 4 rings (SSSR count). The Kier molecular flexibility index (Phi) is 4.61. The number of nitrogens with zero attached hydrogens (tertiary/aromatic N) is 1. The second-order valence-corrected chi connectivity index (χ2v) is 7.09. The molecule has 2 aliphatic rings. The average Bonchev–Trinajstić information content (AvgIpc) is 3.23. The molecule has 0 aromatic heterocycles. The van der Waals surface area contributed by atoms with Crippen LogP contribution in [0.25, 0.3) is 0 Å². The van der Waals surface area contributed by atoms with Crippen molar-refractivity contribution >= 4 is 11.9 Å². The smallest absolute Gasteiger partial charge is 0.315 e. The van der Waals surface area contributed by atoms with Crippen LogP contribution < -0.4 is 10.6 Å². The molecule has 134 valence electrons. The molecular weight excluding hydrogens is 326 g/mol. The zero-order valence-electron chi connectivity index (χ0n) is 14.7. The normalized spacial score (nSPS) is 19.5. The first-order valence-electron chi connectivity index (χ1n) is 9.13. The Morgan fingerprint density at radius 1 is 0.962 bits per heavy atom. The van der Waals surface area contributed by atoms with E-state index in [0.29, 0.717) is 19.5 Å². The van der Waals surface area contributed by atoms with Crippen molar-refractivity contribution in [3.05, 3.63) is 71.3 Å². The largest absolute Gasteiger partial charge is 0.337 e. The second-order valence-electron chi connectivity index (χ2n) is 7.09. The highest BCUT2D eigenvalue weighted by molar-refractivity contribution is 5.82. The number of rotatable bonds is 4. The number of likely N-dealkylation sites (tertiary alicyclic amines) is 1. The van der Waals surface area contributed by atoms with Crippen molar-refractivity contribution < 1.29 is 9.59 Å². The van der Waals surface area contributed by atoms with Crippen molar-refractivity contribution in [2.24, 2.45) is 0 Å². The Bertz CT molecular complexity index is 781. The minimum atomic E-state index is -0.219. The summed E-state index contributed by atoms with van der Waals surface area (Å²) in [6.07, 6.45) is 2.20. The fourth-order valence-corrected chi connectivity index (χ4v) is 3.95. The lowest BCUT2D eigenvalue weighted by Crippen LogP contribution is -2.44. The molecule has 1 heterocycles. The highest BCUT2D eigenvalue weighted by atomic mass is 16.2. The molecular formula is C21H23N3O2. The van der Waals surface area contributed by atoms with Crippen LogP contribution in [0.5, 0.6) is 0 Å². The molecule has 26 heavy (non-hydrogen) atoms. The van der Waals surface area contributed by atoms with Crippen LogP contribution in [0, 0.1) is 0 Å². The number of hydrogen-bond donors (Lipinski definition) is 2. The summed E-state index contributed by atoms with van der Waals surface area (Å²) in [5, 5.41) is 5.80. The third-order valence-corrected chi connectivity index (χ3v) is 5.26. The molecule has 1 fully saturated rings. The summed E-state index contributed by atoms with van der Waals surface area (Å²) < 4.78 is 0. The lowest BCUT2D eigenvalue weighted by Gasteiger charge is -2.24. The third kappa shape index (κ3) is 3.57. The molecule has 1 aliphatic heterocycles. The SMILES string of the molecule is O=C(NCc1ccccc1)NC1CC(=O)N(C2Cc3ccccc3C2)C1. The number of benzene rings is 2. The molecule has 5 heteroatoms. The van der Waals surface area contributed by atoms with Crippen LogP contribution in [0.15, 0.2) is 54.6 Å². The predicted molar refractivity (Wildman–Crippen MR) is 99.6 cm³/mol. The number of hydrogen-bond acceptors (Lipinski definition) is 2. The number of carbonyl (C=O) groups is 2. The van der Waals surface area contributed by atoms with Gasteiger partial charge in [0.05, 0.1) is 6.04 Å². The van der Waals surface area contributed by atoms with Crippen LogP contribution in [0.4, 0.5) is 4.79 Å². The molecule has 1 atom stereocenters. The number of urea groups is 1. The molecule has 2 aromatic rings. The lowest BCUT2D eigenvalue weighted by atomic mass is 10.1. The molecule has 1 unspecified atom stereocenters. The maximum Gasteiger partial charge on any atom is 0.315 e. The fourth-order valence-electron chi connectivity index (χ4n) is 3.95. The van der Waals surface area contributed by atoms with Gasteiger partial charge in [-0.05, 0) is 29.5 Å². The van der Waals surface area contributed by atoms with Gasteiger partial charge in [-0.2, -0.15) is 0 Å². The van der Waals surface area contributed by atoms with E-state index in [1.807, 2.05) is 35.2 Å². The zero-order valence-corrected chi connectivity index (χ0v) is 14.7. The van der Waals surface area contributed by atoms with Crippen LogP contribution in [-0.4, -0.2) is 35.5 Å². The number of amides is 3. The van der Waals surface area contributed by atoms with Crippen LogP contribution in [0.3, 0.4) is 0 Å². The monoisotopic (exact) mass is 349 g/mol. The van der Waals surface area contributed by atoms with E-state index in [0.717, 1.165) is 18.4 Å². The Morgan fingerprint density at radius 2 is 1.62 bits per heavy atom. The molecule has 2 aromatic carbocycles. The molecule has 1 aliphatic carbocycles. The van der Waals surface area contributed by atoms with E-state index in [1.54, 1.807) is 0 Å². The summed E-state index contributed by atoms with van der Waals surface area (Å²) in [7, 11) is 0. The van der Waals surface area contributed by atoms with Gasteiger partial charge in [-0.1, -0.05) is 54.6 Å². The van der Waals surface area contributed by atoms with Crippen molar-refractivity contribution in [3.63, 3.8) is 0 Å². The molecule has 0 bridgehead atoms. The minimum Gasteiger partial charge on any atom is -0.337 e. The first-order valence-corrected chi connectivity index (χ1v) is 9.13. The topological polar surface area (TPSA) is 61.4 Å². The first-order chi connectivity index (χ1) is 12.7. The highest BCUT2D eigenvalue weighted by Crippen LogP contribution is 2.28. The average molecular weight is 349 g/mol. The van der Waals surface area contributed by atoms with Gasteiger partial charge in [0.1, 0.15) is 0 Å². The second kappa shape index (κ2) is 7.20. The van der Waals surface area contributed by atoms with Gasteiger partial charge in [0.15, 0.2) is 0 Å². The summed E-state index contributed by atoms with van der Waals surface area (Å²) in [4.78, 5) is 26.5. The zero-order chi connectivity index (χ0) is 17.9. The molecule has 0 spiro atoms. The van der Waals surface area contributed by atoms with Gasteiger partial charge in [-0.3, -0.25) is 4.79 Å². The Balaban J connectivity index is 1.29. The first kappa shape index (κ1) is 16.6. The Labute approximate surface area is 153 Å². The summed E-state index contributed by atoms with van der Waals surface area (Å²) >= 11 is 0. The third-order valence-electron chi connectivity index (χ3n) is 5.26. The molecule has 3 amide bonds. The van der Waals surface area contributed by atoms with Crippen molar-refractivity contribution in [1.82, 2.24) is 15.5 Å². The van der Waals surface area contributed by atoms with Crippen LogP contribution in [-0.2, 0) is 24.2 Å². The van der Waals surface area contributed by atoms with Gasteiger partial charge in [-0.15, -0.1) is 0 Å². The molecule has 0 radical (unpaired) electrons.